The van der Waals surface area contributed by atoms with E-state index in [1.165, 1.54) is 24.8 Å². The molecule has 2 aliphatic rings. The van der Waals surface area contributed by atoms with Crippen molar-refractivity contribution in [3.8, 4) is 5.75 Å². The molecule has 1 aliphatic carbocycles. The normalized spacial score (nSPS) is 21.2. The number of methoxy groups -OCH3 is 1. The Balaban J connectivity index is 1.54. The fraction of sp³-hybridized carbons (Fsp3) is 0.636. The summed E-state index contributed by atoms with van der Waals surface area (Å²) in [7, 11) is 3.61. The van der Waals surface area contributed by atoms with Crippen molar-refractivity contribution >= 4 is 11.8 Å². The van der Waals surface area contributed by atoms with Crippen molar-refractivity contribution in [3.05, 3.63) is 29.8 Å². The van der Waals surface area contributed by atoms with E-state index < -0.39 is 0 Å². The molecule has 1 aromatic rings. The second kappa shape index (κ2) is 9.25. The molecule has 2 fully saturated rings. The van der Waals surface area contributed by atoms with Gasteiger partial charge in [-0.3, -0.25) is 9.59 Å². The van der Waals surface area contributed by atoms with E-state index in [0.29, 0.717) is 32.0 Å². The van der Waals surface area contributed by atoms with Crippen LogP contribution in [0.5, 0.6) is 5.75 Å². The SMILES string of the molecule is COc1ccc(CCN2CC(C(=O)N(C)C3CCCCC3)CCC2=O)cc1. The van der Waals surface area contributed by atoms with E-state index in [1.807, 2.05) is 41.1 Å². The number of benzene rings is 1. The zero-order valence-corrected chi connectivity index (χ0v) is 16.7. The highest BCUT2D eigenvalue weighted by Crippen LogP contribution is 2.26. The van der Waals surface area contributed by atoms with E-state index >= 15 is 0 Å². The molecule has 1 heterocycles. The van der Waals surface area contributed by atoms with E-state index in [1.54, 1.807) is 7.11 Å². The van der Waals surface area contributed by atoms with Crippen LogP contribution in [0.4, 0.5) is 0 Å². The Morgan fingerprint density at radius 2 is 1.85 bits per heavy atom. The lowest BCUT2D eigenvalue weighted by Crippen LogP contribution is -2.49. The maximum atomic E-state index is 13.0. The number of rotatable bonds is 6. The monoisotopic (exact) mass is 372 g/mol. The first kappa shape index (κ1) is 19.7. The number of hydrogen-bond donors (Lipinski definition) is 0. The molecule has 5 nitrogen and oxygen atoms in total. The number of carbonyl (C=O) groups excluding carboxylic acids is 2. The van der Waals surface area contributed by atoms with Crippen LogP contribution in [-0.4, -0.2) is 54.9 Å². The Bertz CT molecular complexity index is 637. The maximum absolute atomic E-state index is 13.0. The minimum Gasteiger partial charge on any atom is -0.497 e. The molecule has 2 amide bonds. The second-order valence-corrected chi connectivity index (χ2v) is 7.91. The predicted octanol–water partition coefficient (Wildman–Crippen LogP) is 3.27. The van der Waals surface area contributed by atoms with Crippen LogP contribution in [0.25, 0.3) is 0 Å². The molecule has 5 heteroatoms. The molecule has 1 aliphatic heterocycles. The quantitative estimate of drug-likeness (QED) is 0.770. The smallest absolute Gasteiger partial charge is 0.227 e. The Kier molecular flexibility index (Phi) is 6.75. The summed E-state index contributed by atoms with van der Waals surface area (Å²) in [6, 6.07) is 8.34. The molecule has 1 saturated carbocycles. The first-order valence-electron chi connectivity index (χ1n) is 10.3. The van der Waals surface area contributed by atoms with Gasteiger partial charge in [-0.1, -0.05) is 31.4 Å². The molecule has 0 N–H and O–H groups in total. The van der Waals surface area contributed by atoms with Crippen molar-refractivity contribution in [2.75, 3.05) is 27.2 Å². The van der Waals surface area contributed by atoms with Crippen LogP contribution in [0.1, 0.15) is 50.5 Å². The summed E-state index contributed by atoms with van der Waals surface area (Å²) in [4.78, 5) is 29.2. The largest absolute Gasteiger partial charge is 0.497 e. The van der Waals surface area contributed by atoms with Crippen molar-refractivity contribution < 1.29 is 14.3 Å². The van der Waals surface area contributed by atoms with E-state index in [0.717, 1.165) is 25.0 Å². The fourth-order valence-electron chi connectivity index (χ4n) is 4.33. The summed E-state index contributed by atoms with van der Waals surface area (Å²) in [5, 5.41) is 0. The highest BCUT2D eigenvalue weighted by molar-refractivity contribution is 5.84. The predicted molar refractivity (Wildman–Crippen MR) is 106 cm³/mol. The molecule has 1 atom stereocenters. The van der Waals surface area contributed by atoms with Crippen molar-refractivity contribution in [2.45, 2.75) is 57.4 Å². The third-order valence-electron chi connectivity index (χ3n) is 6.15. The average Bonchev–Trinajstić information content (AvgIpc) is 2.73. The van der Waals surface area contributed by atoms with Gasteiger partial charge in [-0.2, -0.15) is 0 Å². The first-order valence-corrected chi connectivity index (χ1v) is 10.3. The molecule has 0 radical (unpaired) electrons. The summed E-state index contributed by atoms with van der Waals surface area (Å²) < 4.78 is 5.19. The molecule has 0 aromatic heterocycles. The molecule has 1 unspecified atom stereocenters. The van der Waals surface area contributed by atoms with Gasteiger partial charge in [0, 0.05) is 32.6 Å². The molecule has 0 spiro atoms. The van der Waals surface area contributed by atoms with Gasteiger partial charge < -0.3 is 14.5 Å². The molecule has 1 aromatic carbocycles. The molecule has 0 bridgehead atoms. The van der Waals surface area contributed by atoms with Crippen molar-refractivity contribution in [1.82, 2.24) is 9.80 Å². The van der Waals surface area contributed by atoms with Crippen LogP contribution in [0, 0.1) is 5.92 Å². The number of ether oxygens (including phenoxy) is 1. The Labute approximate surface area is 162 Å². The third-order valence-corrected chi connectivity index (χ3v) is 6.15. The fourth-order valence-corrected chi connectivity index (χ4v) is 4.33. The first-order chi connectivity index (χ1) is 13.1. The summed E-state index contributed by atoms with van der Waals surface area (Å²) in [5.41, 5.74) is 1.18. The van der Waals surface area contributed by atoms with E-state index in [4.69, 9.17) is 4.74 Å². The zero-order chi connectivity index (χ0) is 19.2. The maximum Gasteiger partial charge on any atom is 0.227 e. The standard InChI is InChI=1S/C22H32N2O3/c1-23(19-6-4-3-5-7-19)22(26)18-10-13-21(25)24(16-18)15-14-17-8-11-20(27-2)12-9-17/h8-9,11-12,18-19H,3-7,10,13-16H2,1-2H3. The highest BCUT2D eigenvalue weighted by Gasteiger charge is 2.33. The summed E-state index contributed by atoms with van der Waals surface area (Å²) in [5.74, 6) is 1.19. The number of carbonyl (C=O) groups is 2. The van der Waals surface area contributed by atoms with Gasteiger partial charge in [-0.15, -0.1) is 0 Å². The Hall–Kier alpha value is -2.04. The number of likely N-dealkylation sites (tertiary alicyclic amines) is 1. The third kappa shape index (κ3) is 5.02. The molecule has 1 saturated heterocycles. The van der Waals surface area contributed by atoms with Crippen molar-refractivity contribution in [3.63, 3.8) is 0 Å². The second-order valence-electron chi connectivity index (χ2n) is 7.91. The van der Waals surface area contributed by atoms with Crippen LogP contribution in [0.3, 0.4) is 0 Å². The van der Waals surface area contributed by atoms with Gasteiger partial charge in [-0.05, 0) is 43.4 Å². The van der Waals surface area contributed by atoms with E-state index in [9.17, 15) is 9.59 Å². The summed E-state index contributed by atoms with van der Waals surface area (Å²) >= 11 is 0. The van der Waals surface area contributed by atoms with E-state index in [-0.39, 0.29) is 17.7 Å². The lowest BCUT2D eigenvalue weighted by atomic mass is 9.91. The number of hydrogen-bond acceptors (Lipinski definition) is 3. The minimum absolute atomic E-state index is 0.0505. The highest BCUT2D eigenvalue weighted by atomic mass is 16.5. The lowest BCUT2D eigenvalue weighted by Gasteiger charge is -2.37. The van der Waals surface area contributed by atoms with Gasteiger partial charge in [0.15, 0.2) is 0 Å². The van der Waals surface area contributed by atoms with Crippen LogP contribution in [-0.2, 0) is 16.0 Å². The van der Waals surface area contributed by atoms with Gasteiger partial charge in [0.25, 0.3) is 0 Å². The van der Waals surface area contributed by atoms with Gasteiger partial charge in [0.1, 0.15) is 5.75 Å². The zero-order valence-electron chi connectivity index (χ0n) is 16.7. The number of nitrogens with zero attached hydrogens (tertiary/aromatic N) is 2. The summed E-state index contributed by atoms with van der Waals surface area (Å²) in [6.45, 7) is 1.23. The average molecular weight is 373 g/mol. The van der Waals surface area contributed by atoms with Crippen molar-refractivity contribution in [1.29, 1.82) is 0 Å². The number of piperidine rings is 1. The minimum atomic E-state index is -0.0505. The molecule has 3 rings (SSSR count). The van der Waals surface area contributed by atoms with Crippen LogP contribution in [0.2, 0.25) is 0 Å². The number of amides is 2. The topological polar surface area (TPSA) is 49.9 Å². The Morgan fingerprint density at radius 3 is 2.52 bits per heavy atom. The Morgan fingerprint density at radius 1 is 1.15 bits per heavy atom. The van der Waals surface area contributed by atoms with Crippen LogP contribution < -0.4 is 4.74 Å². The van der Waals surface area contributed by atoms with Gasteiger partial charge in [0.05, 0.1) is 13.0 Å². The van der Waals surface area contributed by atoms with Gasteiger partial charge >= 0.3 is 0 Å². The van der Waals surface area contributed by atoms with Crippen LogP contribution >= 0.6 is 0 Å². The molecule has 148 valence electrons. The lowest BCUT2D eigenvalue weighted by molar-refractivity contribution is -0.143. The van der Waals surface area contributed by atoms with E-state index in [2.05, 4.69) is 0 Å². The van der Waals surface area contributed by atoms with Gasteiger partial charge in [-0.25, -0.2) is 0 Å². The van der Waals surface area contributed by atoms with Crippen LogP contribution in [0.15, 0.2) is 24.3 Å². The molecule has 27 heavy (non-hydrogen) atoms. The molecular formula is C22H32N2O3. The summed E-state index contributed by atoms with van der Waals surface area (Å²) in [6.07, 6.45) is 7.94. The molecular weight excluding hydrogens is 340 g/mol. The van der Waals surface area contributed by atoms with Gasteiger partial charge in [0.2, 0.25) is 11.8 Å². The van der Waals surface area contributed by atoms with Crippen molar-refractivity contribution in [2.24, 2.45) is 5.92 Å².